The molecule has 0 aliphatic heterocycles. The van der Waals surface area contributed by atoms with Crippen LogP contribution in [0.2, 0.25) is 5.02 Å². The summed E-state index contributed by atoms with van der Waals surface area (Å²) < 4.78 is 5.47. The van der Waals surface area contributed by atoms with Gasteiger partial charge < -0.3 is 10.1 Å². The zero-order chi connectivity index (χ0) is 15.9. The average Bonchev–Trinajstić information content (AvgIpc) is 2.52. The molecule has 0 heterocycles. The second-order valence-electron chi connectivity index (χ2n) is 5.42. The monoisotopic (exact) mass is 317 g/mol. The zero-order valence-electron chi connectivity index (χ0n) is 12.8. The first-order valence-corrected chi connectivity index (χ1v) is 7.67. The van der Waals surface area contributed by atoms with Gasteiger partial charge in [0.1, 0.15) is 5.75 Å². The van der Waals surface area contributed by atoms with Crippen molar-refractivity contribution >= 4 is 17.5 Å². The molecule has 0 aliphatic carbocycles. The Morgan fingerprint density at radius 2 is 1.73 bits per heavy atom. The number of para-hydroxylation sites is 1. The summed E-state index contributed by atoms with van der Waals surface area (Å²) in [4.78, 5) is 12.1. The van der Waals surface area contributed by atoms with Crippen molar-refractivity contribution in [2.24, 2.45) is 5.92 Å². The van der Waals surface area contributed by atoms with Gasteiger partial charge in [-0.1, -0.05) is 67.9 Å². The maximum Gasteiger partial charge on any atom is 0.258 e. The van der Waals surface area contributed by atoms with Crippen LogP contribution in [0.4, 0.5) is 0 Å². The summed E-state index contributed by atoms with van der Waals surface area (Å²) in [5.74, 6) is 0.634. The van der Waals surface area contributed by atoms with Gasteiger partial charge in [-0.2, -0.15) is 0 Å². The quantitative estimate of drug-likeness (QED) is 0.865. The Morgan fingerprint density at radius 3 is 2.36 bits per heavy atom. The minimum absolute atomic E-state index is 0.0384. The second-order valence-corrected chi connectivity index (χ2v) is 5.83. The summed E-state index contributed by atoms with van der Waals surface area (Å²) in [5, 5.41) is 3.51. The number of benzene rings is 2. The van der Waals surface area contributed by atoms with Gasteiger partial charge >= 0.3 is 0 Å². The summed E-state index contributed by atoms with van der Waals surface area (Å²) in [6.07, 6.45) is 0. The fraction of sp³-hybridized carbons (Fsp3) is 0.278. The minimum atomic E-state index is -0.164. The van der Waals surface area contributed by atoms with Crippen molar-refractivity contribution in [2.45, 2.75) is 19.9 Å². The number of hydrogen-bond donors (Lipinski definition) is 1. The molecular formula is C18H20ClNO2. The lowest BCUT2D eigenvalue weighted by molar-refractivity contribution is -0.124. The molecule has 0 fully saturated rings. The Bertz CT molecular complexity index is 613. The van der Waals surface area contributed by atoms with Crippen LogP contribution in [0.3, 0.4) is 0 Å². The van der Waals surface area contributed by atoms with E-state index in [9.17, 15) is 4.79 Å². The van der Waals surface area contributed by atoms with E-state index in [1.807, 2.05) is 42.5 Å². The third kappa shape index (κ3) is 4.50. The molecule has 1 atom stereocenters. The van der Waals surface area contributed by atoms with Gasteiger partial charge in [-0.15, -0.1) is 0 Å². The number of amides is 1. The molecule has 4 heteroatoms. The molecule has 0 saturated carbocycles. The van der Waals surface area contributed by atoms with E-state index in [-0.39, 0.29) is 24.5 Å². The minimum Gasteiger partial charge on any atom is -0.482 e. The third-order valence-corrected chi connectivity index (χ3v) is 3.65. The molecule has 0 aliphatic rings. The number of carbonyl (C=O) groups is 1. The van der Waals surface area contributed by atoms with Crippen LogP contribution in [-0.2, 0) is 4.79 Å². The van der Waals surface area contributed by atoms with Gasteiger partial charge in [0.15, 0.2) is 6.61 Å². The van der Waals surface area contributed by atoms with Crippen LogP contribution in [0.1, 0.15) is 25.5 Å². The molecule has 2 aromatic carbocycles. The molecule has 3 nitrogen and oxygen atoms in total. The van der Waals surface area contributed by atoms with Gasteiger partial charge in [0.2, 0.25) is 0 Å². The van der Waals surface area contributed by atoms with Crippen LogP contribution in [0.5, 0.6) is 5.75 Å². The first-order chi connectivity index (χ1) is 10.6. The van der Waals surface area contributed by atoms with E-state index < -0.39 is 0 Å². The number of halogens is 1. The van der Waals surface area contributed by atoms with Gasteiger partial charge in [-0.3, -0.25) is 4.79 Å². The summed E-state index contributed by atoms with van der Waals surface area (Å²) in [5.41, 5.74) is 1.09. The number of ether oxygens (including phenoxy) is 1. The Kier molecular flexibility index (Phi) is 5.84. The first-order valence-electron chi connectivity index (χ1n) is 7.29. The number of carbonyl (C=O) groups excluding carboxylic acids is 1. The lowest BCUT2D eigenvalue weighted by atomic mass is 9.96. The van der Waals surface area contributed by atoms with Gasteiger partial charge in [-0.05, 0) is 23.6 Å². The van der Waals surface area contributed by atoms with Gasteiger partial charge in [-0.25, -0.2) is 0 Å². The molecule has 1 N–H and O–H groups in total. The lowest BCUT2D eigenvalue weighted by Crippen LogP contribution is -2.35. The predicted octanol–water partition coefficient (Wildman–Crippen LogP) is 4.23. The maximum absolute atomic E-state index is 12.1. The largest absolute Gasteiger partial charge is 0.482 e. The Labute approximate surface area is 136 Å². The molecule has 2 aromatic rings. The van der Waals surface area contributed by atoms with Crippen molar-refractivity contribution in [3.63, 3.8) is 0 Å². The van der Waals surface area contributed by atoms with E-state index in [0.29, 0.717) is 10.8 Å². The topological polar surface area (TPSA) is 38.3 Å². The highest BCUT2D eigenvalue weighted by molar-refractivity contribution is 6.32. The van der Waals surface area contributed by atoms with Crippen molar-refractivity contribution in [1.82, 2.24) is 5.32 Å². The standard InChI is InChI=1S/C18H20ClNO2/c1-13(2)18(14-8-4-3-5-9-14)20-17(21)12-22-16-11-7-6-10-15(16)19/h3-11,13,18H,12H2,1-2H3,(H,20,21)/t18-/m1/s1. The van der Waals surface area contributed by atoms with Crippen LogP contribution in [-0.4, -0.2) is 12.5 Å². The van der Waals surface area contributed by atoms with Crippen molar-refractivity contribution < 1.29 is 9.53 Å². The van der Waals surface area contributed by atoms with E-state index in [0.717, 1.165) is 5.56 Å². The van der Waals surface area contributed by atoms with Crippen LogP contribution in [0.15, 0.2) is 54.6 Å². The molecule has 2 rings (SSSR count). The van der Waals surface area contributed by atoms with E-state index in [4.69, 9.17) is 16.3 Å². The maximum atomic E-state index is 12.1. The Balaban J connectivity index is 1.96. The normalized spacial score (nSPS) is 12.0. The Morgan fingerprint density at radius 1 is 1.09 bits per heavy atom. The SMILES string of the molecule is CC(C)[C@@H](NC(=O)COc1ccccc1Cl)c1ccccc1. The smallest absolute Gasteiger partial charge is 0.258 e. The number of nitrogens with one attached hydrogen (secondary N) is 1. The summed E-state index contributed by atoms with van der Waals surface area (Å²) in [7, 11) is 0. The second kappa shape index (κ2) is 7.85. The van der Waals surface area contributed by atoms with E-state index in [2.05, 4.69) is 19.2 Å². The van der Waals surface area contributed by atoms with Crippen molar-refractivity contribution in [3.05, 3.63) is 65.2 Å². The lowest BCUT2D eigenvalue weighted by Gasteiger charge is -2.23. The van der Waals surface area contributed by atoms with Gasteiger partial charge in [0.05, 0.1) is 11.1 Å². The zero-order valence-corrected chi connectivity index (χ0v) is 13.5. The predicted molar refractivity (Wildman–Crippen MR) is 89.1 cm³/mol. The van der Waals surface area contributed by atoms with E-state index in [1.54, 1.807) is 12.1 Å². The van der Waals surface area contributed by atoms with E-state index >= 15 is 0 Å². The molecule has 0 spiro atoms. The van der Waals surface area contributed by atoms with Crippen LogP contribution in [0.25, 0.3) is 0 Å². The van der Waals surface area contributed by atoms with Crippen LogP contribution < -0.4 is 10.1 Å². The molecule has 0 radical (unpaired) electrons. The van der Waals surface area contributed by atoms with Gasteiger partial charge in [0.25, 0.3) is 5.91 Å². The molecular weight excluding hydrogens is 298 g/mol. The molecule has 0 saturated heterocycles. The van der Waals surface area contributed by atoms with Crippen molar-refractivity contribution in [2.75, 3.05) is 6.61 Å². The molecule has 0 unspecified atom stereocenters. The highest BCUT2D eigenvalue weighted by atomic mass is 35.5. The molecule has 0 aromatic heterocycles. The van der Waals surface area contributed by atoms with Crippen LogP contribution >= 0.6 is 11.6 Å². The van der Waals surface area contributed by atoms with Crippen molar-refractivity contribution in [3.8, 4) is 5.75 Å². The van der Waals surface area contributed by atoms with Crippen LogP contribution in [0, 0.1) is 5.92 Å². The first kappa shape index (κ1) is 16.4. The molecule has 0 bridgehead atoms. The molecule has 22 heavy (non-hydrogen) atoms. The third-order valence-electron chi connectivity index (χ3n) is 3.34. The average molecular weight is 318 g/mol. The van der Waals surface area contributed by atoms with E-state index in [1.165, 1.54) is 0 Å². The molecule has 1 amide bonds. The fourth-order valence-corrected chi connectivity index (χ4v) is 2.41. The molecule has 116 valence electrons. The highest BCUT2D eigenvalue weighted by Crippen LogP contribution is 2.24. The number of rotatable bonds is 6. The highest BCUT2D eigenvalue weighted by Gasteiger charge is 2.18. The summed E-state index contributed by atoms with van der Waals surface area (Å²) in [6.45, 7) is 4.10. The van der Waals surface area contributed by atoms with Gasteiger partial charge in [0, 0.05) is 0 Å². The summed E-state index contributed by atoms with van der Waals surface area (Å²) >= 11 is 6.00. The number of hydrogen-bond acceptors (Lipinski definition) is 2. The fourth-order valence-electron chi connectivity index (χ4n) is 2.22. The van der Waals surface area contributed by atoms with Crippen molar-refractivity contribution in [1.29, 1.82) is 0 Å². The summed E-state index contributed by atoms with van der Waals surface area (Å²) in [6, 6.07) is 17.0. The Hall–Kier alpha value is -2.00.